The summed E-state index contributed by atoms with van der Waals surface area (Å²) in [6.07, 6.45) is 6.05. The van der Waals surface area contributed by atoms with Gasteiger partial charge < -0.3 is 10.5 Å². The molecule has 2 unspecified atom stereocenters. The summed E-state index contributed by atoms with van der Waals surface area (Å²) >= 11 is 9.59. The quantitative estimate of drug-likeness (QED) is 0.169. The fourth-order valence-corrected chi connectivity index (χ4v) is 92.1. The molecule has 49 heteroatoms. The summed E-state index contributed by atoms with van der Waals surface area (Å²) in [7, 11) is 58.2. The summed E-state index contributed by atoms with van der Waals surface area (Å²) in [5.41, 5.74) is 7.93. The van der Waals surface area contributed by atoms with Crippen molar-refractivity contribution in [1.29, 1.82) is 0 Å². The minimum atomic E-state index is -0.978. The molecule has 0 spiro atoms. The van der Waals surface area contributed by atoms with Gasteiger partial charge in [-0.15, -0.1) is 0 Å². The maximum absolute atomic E-state index is 12.9. The van der Waals surface area contributed by atoms with Crippen molar-refractivity contribution in [3.05, 3.63) is 69.8 Å². The number of imide groups is 4. The molecule has 2 aromatic carbocycles. The van der Waals surface area contributed by atoms with Gasteiger partial charge in [0.25, 0.3) is 23.6 Å². The molecule has 2 fully saturated rings. The molecule has 88 heavy (non-hydrogen) atoms. The molecule has 2 aromatic rings. The van der Waals surface area contributed by atoms with Crippen LogP contribution in [0.2, 0.25) is 0 Å². The Labute approximate surface area is 613 Å². The van der Waals surface area contributed by atoms with Crippen LogP contribution in [-0.2, 0) is 346 Å². The lowest BCUT2D eigenvalue weighted by Gasteiger charge is -2.27. The molecule has 8 amide bonds. The monoisotopic (exact) mass is 1850 g/mol. The third kappa shape index (κ3) is 33.2. The Morgan fingerprint density at radius 3 is 1.24 bits per heavy atom. The second-order valence-electron chi connectivity index (χ2n) is 15.0. The van der Waals surface area contributed by atoms with E-state index in [0.717, 1.165) is 47.5 Å². The lowest BCUT2D eigenvalue weighted by atomic mass is 9.97. The minimum Gasteiger partial charge on any atom is -0.369 e. The van der Waals surface area contributed by atoms with Gasteiger partial charge in [0.05, 0.1) is 22.3 Å². The molecular weight excluding hydrogens is 1800 g/mol. The highest BCUT2D eigenvalue weighted by Gasteiger charge is 2.46. The zero-order valence-electron chi connectivity index (χ0n) is 43.2. The number of rotatable bonds is 11. The maximum atomic E-state index is 12.9. The Kier molecular flexibility index (Phi) is 51.9. The molecule has 4 aliphatic rings. The van der Waals surface area contributed by atoms with E-state index >= 15 is 0 Å². The van der Waals surface area contributed by atoms with Crippen molar-refractivity contribution >= 4 is 363 Å². The lowest BCUT2D eigenvalue weighted by molar-refractivity contribution is -0.137. The summed E-state index contributed by atoms with van der Waals surface area (Å²) in [5, 5.41) is 4.38. The zero-order chi connectivity index (χ0) is 62.7. The molecule has 0 aromatic heterocycles. The predicted octanol–water partition coefficient (Wildman–Crippen LogP) is 2.57. The average molecular weight is 1850 g/mol. The molecular formula is C39H45N5O9S35. The molecule has 6 rings (SSSR count). The van der Waals surface area contributed by atoms with E-state index in [0.29, 0.717) is 36.3 Å². The SMILES string of the molecule is C.CCCOCC#Cc1cccc2c1C(=O)N(C1CCC(=O)NC1=O)C2=O.NCCCCCCc1cccc2c1C(=O)N(C1CCC(=O)NC1=O)C2=O.S=S=S=S=S=S=S=S=S=S=S=S=S=S=S=S=S=S=S=S=S=S=S=S=S=S=S=S=S=S=S=S=S=S=S. The van der Waals surface area contributed by atoms with Gasteiger partial charge in [-0.2, -0.15) is 0 Å². The molecule has 2 saturated heterocycles. The highest BCUT2D eigenvalue weighted by molar-refractivity contribution is 8.80. The third-order valence-corrected chi connectivity index (χ3v) is 81.2. The summed E-state index contributed by atoms with van der Waals surface area (Å²) in [6, 6.07) is 8.21. The van der Waals surface area contributed by atoms with Crippen LogP contribution in [0.25, 0.3) is 0 Å². The van der Waals surface area contributed by atoms with E-state index in [1.165, 1.54) is 17.8 Å². The Bertz CT molecular complexity index is 4580. The molecule has 490 valence electrons. The number of unbranched alkanes of at least 4 members (excludes halogenated alkanes) is 3. The predicted molar refractivity (Wildman–Crippen MR) is 450 cm³/mol. The molecule has 4 aliphatic heterocycles. The number of nitrogens with one attached hydrogen (secondary N) is 2. The molecule has 4 N–H and O–H groups in total. The molecule has 0 bridgehead atoms. The summed E-state index contributed by atoms with van der Waals surface area (Å²) < 4.78 is 5.29. The van der Waals surface area contributed by atoms with Crippen LogP contribution in [-0.4, -0.2) is 88.9 Å². The van der Waals surface area contributed by atoms with Gasteiger partial charge in [0.2, 0.25) is 23.6 Å². The van der Waals surface area contributed by atoms with Crippen molar-refractivity contribution in [3.8, 4) is 11.8 Å². The van der Waals surface area contributed by atoms with E-state index < -0.39 is 53.4 Å². The van der Waals surface area contributed by atoms with Crippen LogP contribution in [0.3, 0.4) is 0 Å². The van der Waals surface area contributed by atoms with Gasteiger partial charge >= 0.3 is 0 Å². The second-order valence-corrected chi connectivity index (χ2v) is 73.4. The number of piperidine rings is 2. The van der Waals surface area contributed by atoms with Crippen molar-refractivity contribution in [2.45, 2.75) is 90.6 Å². The highest BCUT2D eigenvalue weighted by atomic mass is 33.5. The first-order valence-corrected chi connectivity index (χ1v) is 68.5. The van der Waals surface area contributed by atoms with E-state index in [4.69, 9.17) is 32.8 Å². The van der Waals surface area contributed by atoms with Gasteiger partial charge in [0, 0.05) is 340 Å². The summed E-state index contributed by atoms with van der Waals surface area (Å²) in [4.78, 5) is 99.9. The topological polar surface area (TPSA) is 202 Å². The minimum absolute atomic E-state index is 0. The summed E-state index contributed by atoms with van der Waals surface area (Å²) in [5.74, 6) is 1.73. The van der Waals surface area contributed by atoms with Gasteiger partial charge in [0.1, 0.15) is 18.7 Å². The smallest absolute Gasteiger partial charge is 0.263 e. The van der Waals surface area contributed by atoms with Crippen molar-refractivity contribution in [3.63, 3.8) is 0 Å². The van der Waals surface area contributed by atoms with E-state index in [2.05, 4.69) is 22.5 Å². The van der Waals surface area contributed by atoms with Crippen LogP contribution in [0, 0.1) is 11.8 Å². The van der Waals surface area contributed by atoms with Crippen molar-refractivity contribution < 1.29 is 43.1 Å². The van der Waals surface area contributed by atoms with Crippen LogP contribution >= 0.6 is 0 Å². The number of benzene rings is 2. The number of amides is 8. The van der Waals surface area contributed by atoms with Gasteiger partial charge in [-0.3, -0.25) is 58.8 Å². The number of hydrogen-bond acceptors (Lipinski definition) is 12. The fourth-order valence-electron chi connectivity index (χ4n) is 6.98. The number of hydrogen-bond donors (Lipinski definition) is 3. The van der Waals surface area contributed by atoms with Crippen LogP contribution < -0.4 is 16.4 Å². The number of aryl methyl sites for hydroxylation is 1. The van der Waals surface area contributed by atoms with Gasteiger partial charge in [-0.1, -0.05) is 57.2 Å². The first-order valence-electron chi connectivity index (χ1n) is 23.2. The van der Waals surface area contributed by atoms with Crippen LogP contribution in [0.4, 0.5) is 0 Å². The lowest BCUT2D eigenvalue weighted by Crippen LogP contribution is -2.54. The third-order valence-electron chi connectivity index (χ3n) is 10.1. The van der Waals surface area contributed by atoms with Crippen molar-refractivity contribution in [1.82, 2.24) is 20.4 Å². The van der Waals surface area contributed by atoms with E-state index in [9.17, 15) is 38.4 Å². The van der Waals surface area contributed by atoms with E-state index in [1.807, 2.05) is 182 Å². The van der Waals surface area contributed by atoms with Crippen LogP contribution in [0.5, 0.6) is 0 Å². The number of ether oxygens (including phenoxy) is 1. The number of nitrogens with zero attached hydrogens (tertiary/aromatic N) is 2. The Hall–Kier alpha value is 2.18. The van der Waals surface area contributed by atoms with Crippen LogP contribution in [0.15, 0.2) is 36.4 Å². The normalized spacial score (nSPS) is 14.5. The maximum Gasteiger partial charge on any atom is 0.263 e. The molecule has 4 heterocycles. The number of carbonyl (C=O) groups excluding carboxylic acids is 8. The Balaban J connectivity index is 0.000000348. The van der Waals surface area contributed by atoms with Crippen molar-refractivity contribution in [2.75, 3.05) is 19.8 Å². The highest BCUT2D eigenvalue weighted by Crippen LogP contribution is 2.32. The molecule has 0 aliphatic carbocycles. The first-order chi connectivity index (χ1) is 42.5. The first kappa shape index (κ1) is 84.4. The van der Waals surface area contributed by atoms with Gasteiger partial charge in [-0.25, -0.2) is 0 Å². The number of nitrogens with two attached hydrogens (primary N) is 1. The Morgan fingerprint density at radius 1 is 0.500 bits per heavy atom. The molecule has 2 atom stereocenters. The number of fused-ring (bicyclic) bond motifs is 2. The van der Waals surface area contributed by atoms with Gasteiger partial charge in [-0.05, 0) is 68.8 Å². The average Bonchev–Trinajstić information content (AvgIpc) is 1.65. The second kappa shape index (κ2) is 54.1. The van der Waals surface area contributed by atoms with Crippen molar-refractivity contribution in [2.24, 2.45) is 5.73 Å². The van der Waals surface area contributed by atoms with Gasteiger partial charge in [0.15, 0.2) is 0 Å². The van der Waals surface area contributed by atoms with Crippen LogP contribution in [0.1, 0.15) is 125 Å². The standard InChI is InChI=1S/C19H23N3O4.C19H18N2O5.CH4.S35/c20-11-4-2-1-3-6-12-7-5-8-13-16(12)19(26)22(18(13)25)14-9-10-15(23)21-17(14)24;1-2-10-26-11-4-6-12-5-3-7-13-16(12)19(25)21(18(13)24)14-8-9-15(22)20-17(14)23;;1-3-5-7-9-11-13-15-17-19-21-23-25-27-29-31-33-35-34-32-30-28-26-24-22-20-18-16-14-12-10-8-6-4-2/h5,7-8,14H,1-4,6,9-11,20H2,(H,21,23,24);3,5,7,14H,2,8-11H2,1H3,(H,20,22,23);1H4;. The summed E-state index contributed by atoms with van der Waals surface area (Å²) in [6.45, 7) is 3.50. The largest absolute Gasteiger partial charge is 0.369 e. The van der Waals surface area contributed by atoms with E-state index in [-0.39, 0.29) is 56.8 Å². The molecule has 0 saturated carbocycles. The number of carbonyl (C=O) groups is 8. The fraction of sp³-hybridized carbons (Fsp3) is 0.436. The molecule has 14 nitrogen and oxygen atoms in total. The zero-order valence-corrected chi connectivity index (χ0v) is 71.8. The Morgan fingerprint density at radius 2 is 0.864 bits per heavy atom. The van der Waals surface area contributed by atoms with E-state index in [1.54, 1.807) is 137 Å². The molecule has 0 radical (unpaired) electrons.